The predicted molar refractivity (Wildman–Crippen MR) is 104 cm³/mol. The highest BCUT2D eigenvalue weighted by Gasteiger charge is 2.22. The van der Waals surface area contributed by atoms with E-state index in [1.807, 2.05) is 32.9 Å². The van der Waals surface area contributed by atoms with Crippen molar-refractivity contribution in [3.63, 3.8) is 0 Å². The lowest BCUT2D eigenvalue weighted by Crippen LogP contribution is -2.26. The Bertz CT molecular complexity index is 854. The van der Waals surface area contributed by atoms with Gasteiger partial charge in [0.05, 0.1) is 20.6 Å². The van der Waals surface area contributed by atoms with Crippen molar-refractivity contribution in [3.05, 3.63) is 58.1 Å². The van der Waals surface area contributed by atoms with E-state index in [0.29, 0.717) is 22.6 Å². The van der Waals surface area contributed by atoms with Crippen LogP contribution in [0.15, 0.2) is 30.3 Å². The minimum atomic E-state index is -0.859. The summed E-state index contributed by atoms with van der Waals surface area (Å²) in [5, 5.41) is 0. The Kier molecular flexibility index (Phi) is 6.61. The predicted octanol–water partition coefficient (Wildman–Crippen LogP) is 3.99. The van der Waals surface area contributed by atoms with Gasteiger partial charge in [0.15, 0.2) is 6.10 Å². The van der Waals surface area contributed by atoms with E-state index < -0.39 is 12.1 Å². The van der Waals surface area contributed by atoms with Crippen LogP contribution in [0.5, 0.6) is 11.5 Å². The number of carbonyl (C=O) groups is 2. The van der Waals surface area contributed by atoms with Gasteiger partial charge in [0.2, 0.25) is 5.78 Å². The number of benzene rings is 2. The van der Waals surface area contributed by atoms with E-state index in [0.717, 1.165) is 16.7 Å². The molecule has 0 fully saturated rings. The third-order valence-corrected chi connectivity index (χ3v) is 4.61. The molecule has 27 heavy (non-hydrogen) atoms. The average molecular weight is 370 g/mol. The molecule has 5 nitrogen and oxygen atoms in total. The number of rotatable bonds is 7. The number of ether oxygens (including phenoxy) is 3. The number of Topliss-reactive ketones (excluding diaryl/α,β-unsaturated/α-hetero) is 1. The fourth-order valence-corrected chi connectivity index (χ4v) is 2.89. The van der Waals surface area contributed by atoms with Crippen molar-refractivity contribution < 1.29 is 23.8 Å². The normalized spacial score (nSPS) is 11.6. The summed E-state index contributed by atoms with van der Waals surface area (Å²) in [6, 6.07) is 9.02. The van der Waals surface area contributed by atoms with Crippen molar-refractivity contribution in [3.8, 4) is 11.5 Å². The molecule has 0 aliphatic heterocycles. The molecular formula is C22H26O5. The van der Waals surface area contributed by atoms with Gasteiger partial charge in [-0.25, -0.2) is 0 Å². The van der Waals surface area contributed by atoms with Gasteiger partial charge < -0.3 is 14.2 Å². The first-order chi connectivity index (χ1) is 12.8. The van der Waals surface area contributed by atoms with E-state index in [1.54, 1.807) is 32.2 Å². The molecule has 0 aliphatic carbocycles. The summed E-state index contributed by atoms with van der Waals surface area (Å²) in [5.74, 6) is 0.486. The maximum Gasteiger partial charge on any atom is 0.311 e. The maximum absolute atomic E-state index is 12.7. The molecule has 2 aromatic carbocycles. The van der Waals surface area contributed by atoms with Crippen LogP contribution in [0.1, 0.15) is 39.5 Å². The van der Waals surface area contributed by atoms with Crippen molar-refractivity contribution in [1.82, 2.24) is 0 Å². The van der Waals surface area contributed by atoms with E-state index in [1.165, 1.54) is 7.11 Å². The Morgan fingerprint density at radius 1 is 0.926 bits per heavy atom. The minimum absolute atomic E-state index is 0.0106. The van der Waals surface area contributed by atoms with E-state index >= 15 is 0 Å². The van der Waals surface area contributed by atoms with Gasteiger partial charge in [-0.3, -0.25) is 9.59 Å². The molecule has 2 aromatic rings. The number of ketones is 1. The third-order valence-electron chi connectivity index (χ3n) is 4.61. The zero-order valence-electron chi connectivity index (χ0n) is 16.7. The summed E-state index contributed by atoms with van der Waals surface area (Å²) >= 11 is 0. The third kappa shape index (κ3) is 4.88. The van der Waals surface area contributed by atoms with Crippen LogP contribution in [0, 0.1) is 20.8 Å². The minimum Gasteiger partial charge on any atom is -0.497 e. The molecule has 0 spiro atoms. The molecule has 5 heteroatoms. The van der Waals surface area contributed by atoms with Gasteiger partial charge in [-0.1, -0.05) is 12.1 Å². The summed E-state index contributed by atoms with van der Waals surface area (Å²) in [6.45, 7) is 7.44. The standard InChI is InChI=1S/C22H26O5/c1-13-9-15(3)19(10-14(13)2)22(24)16(4)27-21(23)11-17-7-8-18(25-5)12-20(17)26-6/h7-10,12,16H,11H2,1-6H3. The number of hydrogen-bond donors (Lipinski definition) is 0. The Hall–Kier alpha value is -2.82. The van der Waals surface area contributed by atoms with Crippen molar-refractivity contribution >= 4 is 11.8 Å². The molecule has 0 saturated heterocycles. The summed E-state index contributed by atoms with van der Waals surface area (Å²) < 4.78 is 15.8. The highest BCUT2D eigenvalue weighted by molar-refractivity contribution is 6.01. The zero-order chi connectivity index (χ0) is 20.1. The van der Waals surface area contributed by atoms with E-state index in [4.69, 9.17) is 14.2 Å². The highest BCUT2D eigenvalue weighted by atomic mass is 16.5. The van der Waals surface area contributed by atoms with Crippen molar-refractivity contribution in [1.29, 1.82) is 0 Å². The number of hydrogen-bond acceptors (Lipinski definition) is 5. The molecule has 0 amide bonds. The number of aryl methyl sites for hydroxylation is 3. The zero-order valence-corrected chi connectivity index (χ0v) is 16.7. The highest BCUT2D eigenvalue weighted by Crippen LogP contribution is 2.25. The molecule has 0 bridgehead atoms. The van der Waals surface area contributed by atoms with Crippen LogP contribution in [0.25, 0.3) is 0 Å². The van der Waals surface area contributed by atoms with Crippen molar-refractivity contribution in [2.45, 2.75) is 40.2 Å². The summed E-state index contributed by atoms with van der Waals surface area (Å²) in [4.78, 5) is 25.0. The molecular weight excluding hydrogens is 344 g/mol. The van der Waals surface area contributed by atoms with Crippen LogP contribution in [0.4, 0.5) is 0 Å². The molecule has 0 aromatic heterocycles. The smallest absolute Gasteiger partial charge is 0.311 e. The van der Waals surface area contributed by atoms with Gasteiger partial charge in [0.25, 0.3) is 0 Å². The lowest BCUT2D eigenvalue weighted by Gasteiger charge is -2.16. The van der Waals surface area contributed by atoms with Gasteiger partial charge in [0.1, 0.15) is 11.5 Å². The molecule has 2 rings (SSSR count). The second-order valence-corrected chi connectivity index (χ2v) is 6.60. The Morgan fingerprint density at radius 3 is 2.22 bits per heavy atom. The second kappa shape index (κ2) is 8.71. The van der Waals surface area contributed by atoms with Gasteiger partial charge in [-0.05, 0) is 56.5 Å². The van der Waals surface area contributed by atoms with Gasteiger partial charge in [-0.15, -0.1) is 0 Å². The van der Waals surface area contributed by atoms with E-state index in [2.05, 4.69) is 0 Å². The molecule has 0 saturated carbocycles. The average Bonchev–Trinajstić information content (AvgIpc) is 2.64. The van der Waals surface area contributed by atoms with E-state index in [-0.39, 0.29) is 12.2 Å². The van der Waals surface area contributed by atoms with Crippen LogP contribution in [-0.4, -0.2) is 32.1 Å². The Balaban J connectivity index is 2.09. The van der Waals surface area contributed by atoms with Gasteiger partial charge in [0, 0.05) is 17.2 Å². The number of methoxy groups -OCH3 is 2. The van der Waals surface area contributed by atoms with Crippen molar-refractivity contribution in [2.75, 3.05) is 14.2 Å². The van der Waals surface area contributed by atoms with E-state index in [9.17, 15) is 9.59 Å². The molecule has 1 atom stereocenters. The molecule has 0 aliphatic rings. The maximum atomic E-state index is 12.7. The Labute approximate surface area is 160 Å². The first-order valence-corrected chi connectivity index (χ1v) is 8.79. The number of carbonyl (C=O) groups excluding carboxylic acids is 2. The van der Waals surface area contributed by atoms with Crippen LogP contribution in [-0.2, 0) is 16.0 Å². The summed E-state index contributed by atoms with van der Waals surface area (Å²) in [5.41, 5.74) is 4.29. The molecule has 1 unspecified atom stereocenters. The fourth-order valence-electron chi connectivity index (χ4n) is 2.89. The molecule has 144 valence electrons. The molecule has 0 N–H and O–H groups in total. The number of esters is 1. The molecule has 0 heterocycles. The second-order valence-electron chi connectivity index (χ2n) is 6.60. The summed E-state index contributed by atoms with van der Waals surface area (Å²) in [6.07, 6.45) is -0.848. The summed E-state index contributed by atoms with van der Waals surface area (Å²) in [7, 11) is 3.09. The van der Waals surface area contributed by atoms with Gasteiger partial charge >= 0.3 is 5.97 Å². The first-order valence-electron chi connectivity index (χ1n) is 8.79. The van der Waals surface area contributed by atoms with Crippen LogP contribution in [0.2, 0.25) is 0 Å². The van der Waals surface area contributed by atoms with Crippen molar-refractivity contribution in [2.24, 2.45) is 0 Å². The first kappa shape index (κ1) is 20.5. The monoisotopic (exact) mass is 370 g/mol. The fraction of sp³-hybridized carbons (Fsp3) is 0.364. The quantitative estimate of drug-likeness (QED) is 0.545. The lowest BCUT2D eigenvalue weighted by atomic mass is 9.96. The largest absolute Gasteiger partial charge is 0.497 e. The van der Waals surface area contributed by atoms with Crippen LogP contribution >= 0.6 is 0 Å². The van der Waals surface area contributed by atoms with Gasteiger partial charge in [-0.2, -0.15) is 0 Å². The topological polar surface area (TPSA) is 61.8 Å². The lowest BCUT2D eigenvalue weighted by molar-refractivity contribution is -0.145. The van der Waals surface area contributed by atoms with Crippen LogP contribution < -0.4 is 9.47 Å². The Morgan fingerprint density at radius 2 is 1.59 bits per heavy atom. The SMILES string of the molecule is COc1ccc(CC(=O)OC(C)C(=O)c2cc(C)c(C)cc2C)c(OC)c1. The molecule has 0 radical (unpaired) electrons. The van der Waals surface area contributed by atoms with Crippen LogP contribution in [0.3, 0.4) is 0 Å².